The Morgan fingerprint density at radius 2 is 1.79 bits per heavy atom. The minimum atomic E-state index is -0.182. The summed E-state index contributed by atoms with van der Waals surface area (Å²) in [6.45, 7) is 2.07. The third-order valence-corrected chi connectivity index (χ3v) is 1.42. The SMILES string of the molecule is CC/C=C/c1ccc(F)cc1.O=C=O. The van der Waals surface area contributed by atoms with Crippen LogP contribution in [-0.2, 0) is 9.59 Å². The van der Waals surface area contributed by atoms with Gasteiger partial charge in [0.15, 0.2) is 0 Å². The molecular weight excluding hydrogens is 183 g/mol. The van der Waals surface area contributed by atoms with Crippen LogP contribution in [0.2, 0.25) is 0 Å². The van der Waals surface area contributed by atoms with Crippen LogP contribution in [0.15, 0.2) is 30.3 Å². The van der Waals surface area contributed by atoms with Crippen molar-refractivity contribution in [3.8, 4) is 0 Å². The van der Waals surface area contributed by atoms with E-state index >= 15 is 0 Å². The van der Waals surface area contributed by atoms with Gasteiger partial charge >= 0.3 is 6.15 Å². The summed E-state index contributed by atoms with van der Waals surface area (Å²) in [5, 5.41) is 0. The van der Waals surface area contributed by atoms with Gasteiger partial charge in [-0.25, -0.2) is 4.39 Å². The molecule has 1 aromatic rings. The van der Waals surface area contributed by atoms with Crippen LogP contribution in [0, 0.1) is 5.82 Å². The molecule has 0 aliphatic heterocycles. The van der Waals surface area contributed by atoms with E-state index < -0.39 is 0 Å². The fourth-order valence-electron chi connectivity index (χ4n) is 0.828. The number of benzene rings is 1. The topological polar surface area (TPSA) is 34.1 Å². The molecule has 1 rings (SSSR count). The summed E-state index contributed by atoms with van der Waals surface area (Å²) in [5.41, 5.74) is 1.05. The Labute approximate surface area is 82.1 Å². The van der Waals surface area contributed by atoms with E-state index in [0.29, 0.717) is 0 Å². The molecule has 0 aromatic heterocycles. The van der Waals surface area contributed by atoms with E-state index in [-0.39, 0.29) is 12.0 Å². The second-order valence-corrected chi connectivity index (χ2v) is 2.45. The van der Waals surface area contributed by atoms with Crippen molar-refractivity contribution in [2.24, 2.45) is 0 Å². The zero-order chi connectivity index (χ0) is 10.8. The van der Waals surface area contributed by atoms with E-state index in [1.54, 1.807) is 12.1 Å². The normalized spacial score (nSPS) is 9.00. The molecule has 0 bridgehead atoms. The monoisotopic (exact) mass is 194 g/mol. The van der Waals surface area contributed by atoms with Gasteiger partial charge in [-0.2, -0.15) is 9.59 Å². The second-order valence-electron chi connectivity index (χ2n) is 2.45. The number of carbonyl (C=O) groups excluding carboxylic acids is 2. The van der Waals surface area contributed by atoms with Crippen LogP contribution >= 0.6 is 0 Å². The van der Waals surface area contributed by atoms with Crippen LogP contribution in [0.4, 0.5) is 4.39 Å². The number of halogens is 1. The molecule has 0 saturated carbocycles. The molecule has 0 N–H and O–H groups in total. The molecule has 0 radical (unpaired) electrons. The summed E-state index contributed by atoms with van der Waals surface area (Å²) in [6.07, 6.45) is 5.30. The quantitative estimate of drug-likeness (QED) is 0.725. The average molecular weight is 194 g/mol. The molecule has 0 amide bonds. The number of hydrogen-bond donors (Lipinski definition) is 0. The molecule has 74 valence electrons. The first-order valence-electron chi connectivity index (χ1n) is 4.16. The largest absolute Gasteiger partial charge is 0.373 e. The van der Waals surface area contributed by atoms with E-state index in [2.05, 4.69) is 6.92 Å². The smallest absolute Gasteiger partial charge is 0.207 e. The van der Waals surface area contributed by atoms with Gasteiger partial charge in [-0.3, -0.25) is 0 Å². The standard InChI is InChI=1S/C10H11F.CO2/c1-2-3-4-9-5-7-10(11)8-6-9;2-1-3/h3-8H,2H2,1H3;/b4-3+;. The lowest BCUT2D eigenvalue weighted by Gasteiger charge is -1.90. The minimum absolute atomic E-state index is 0.182. The van der Waals surface area contributed by atoms with Crippen LogP contribution in [-0.4, -0.2) is 6.15 Å². The number of hydrogen-bond acceptors (Lipinski definition) is 2. The van der Waals surface area contributed by atoms with Crippen molar-refractivity contribution in [3.05, 3.63) is 41.7 Å². The fourth-order valence-corrected chi connectivity index (χ4v) is 0.828. The van der Waals surface area contributed by atoms with Gasteiger partial charge in [-0.05, 0) is 24.1 Å². The average Bonchev–Trinajstić information content (AvgIpc) is 2.18. The third kappa shape index (κ3) is 5.86. The van der Waals surface area contributed by atoms with Gasteiger partial charge in [0.1, 0.15) is 5.82 Å². The lowest BCUT2D eigenvalue weighted by molar-refractivity contribution is -0.191. The molecule has 0 fully saturated rings. The highest BCUT2D eigenvalue weighted by Crippen LogP contribution is 2.04. The minimum Gasteiger partial charge on any atom is -0.207 e. The molecule has 0 aliphatic rings. The van der Waals surface area contributed by atoms with Gasteiger partial charge in [0, 0.05) is 0 Å². The zero-order valence-corrected chi connectivity index (χ0v) is 7.87. The molecule has 0 aliphatic carbocycles. The maximum absolute atomic E-state index is 12.4. The molecule has 2 nitrogen and oxygen atoms in total. The highest BCUT2D eigenvalue weighted by atomic mass is 19.1. The molecule has 1 aromatic carbocycles. The highest BCUT2D eigenvalue weighted by molar-refractivity contribution is 5.48. The van der Waals surface area contributed by atoms with E-state index in [1.807, 2.05) is 12.2 Å². The van der Waals surface area contributed by atoms with Crippen LogP contribution in [0.25, 0.3) is 6.08 Å². The van der Waals surface area contributed by atoms with E-state index in [0.717, 1.165) is 12.0 Å². The van der Waals surface area contributed by atoms with E-state index in [9.17, 15) is 4.39 Å². The van der Waals surface area contributed by atoms with Crippen molar-refractivity contribution in [2.45, 2.75) is 13.3 Å². The first-order valence-corrected chi connectivity index (χ1v) is 4.16. The number of rotatable bonds is 2. The fraction of sp³-hybridized carbons (Fsp3) is 0.182. The molecule has 0 unspecified atom stereocenters. The van der Waals surface area contributed by atoms with Crippen LogP contribution in [0.5, 0.6) is 0 Å². The molecule has 0 heterocycles. The Kier molecular flexibility index (Phi) is 6.92. The van der Waals surface area contributed by atoms with Gasteiger partial charge < -0.3 is 0 Å². The van der Waals surface area contributed by atoms with Gasteiger partial charge in [-0.15, -0.1) is 0 Å². The lowest BCUT2D eigenvalue weighted by Crippen LogP contribution is -1.73. The van der Waals surface area contributed by atoms with Crippen molar-refractivity contribution in [1.82, 2.24) is 0 Å². The van der Waals surface area contributed by atoms with Crippen molar-refractivity contribution >= 4 is 12.2 Å². The maximum atomic E-state index is 12.4. The molecular formula is C11H11FO2. The van der Waals surface area contributed by atoms with Crippen molar-refractivity contribution in [2.75, 3.05) is 0 Å². The zero-order valence-electron chi connectivity index (χ0n) is 7.87. The van der Waals surface area contributed by atoms with Crippen LogP contribution in [0.3, 0.4) is 0 Å². The van der Waals surface area contributed by atoms with Crippen LogP contribution < -0.4 is 0 Å². The predicted octanol–water partition coefficient (Wildman–Crippen LogP) is 2.67. The Bertz CT molecular complexity index is 309. The van der Waals surface area contributed by atoms with E-state index in [4.69, 9.17) is 9.59 Å². The molecule has 0 saturated heterocycles. The van der Waals surface area contributed by atoms with Gasteiger partial charge in [0.2, 0.25) is 0 Å². The van der Waals surface area contributed by atoms with Gasteiger partial charge in [-0.1, -0.05) is 31.2 Å². The Hall–Kier alpha value is -1.73. The summed E-state index contributed by atoms with van der Waals surface area (Å²) in [5.74, 6) is -0.182. The summed E-state index contributed by atoms with van der Waals surface area (Å²) in [7, 11) is 0. The first kappa shape index (κ1) is 12.3. The van der Waals surface area contributed by atoms with E-state index in [1.165, 1.54) is 12.1 Å². The van der Waals surface area contributed by atoms with Crippen molar-refractivity contribution in [1.29, 1.82) is 0 Å². The lowest BCUT2D eigenvalue weighted by atomic mass is 10.2. The predicted molar refractivity (Wildman–Crippen MR) is 50.7 cm³/mol. The highest BCUT2D eigenvalue weighted by Gasteiger charge is 1.86. The molecule has 14 heavy (non-hydrogen) atoms. The molecule has 0 spiro atoms. The summed E-state index contributed by atoms with van der Waals surface area (Å²) >= 11 is 0. The van der Waals surface area contributed by atoms with Crippen molar-refractivity contribution in [3.63, 3.8) is 0 Å². The maximum Gasteiger partial charge on any atom is 0.373 e. The second kappa shape index (κ2) is 7.90. The first-order chi connectivity index (χ1) is 6.74. The Balaban J connectivity index is 0.000000500. The van der Waals surface area contributed by atoms with Crippen molar-refractivity contribution < 1.29 is 14.0 Å². The summed E-state index contributed by atoms with van der Waals surface area (Å²) in [4.78, 5) is 16.2. The Morgan fingerprint density at radius 1 is 1.29 bits per heavy atom. The number of allylic oxidation sites excluding steroid dienone is 1. The molecule has 3 heteroatoms. The van der Waals surface area contributed by atoms with Crippen LogP contribution in [0.1, 0.15) is 18.9 Å². The summed E-state index contributed by atoms with van der Waals surface area (Å²) in [6, 6.07) is 6.47. The Morgan fingerprint density at radius 3 is 2.21 bits per heavy atom. The third-order valence-electron chi connectivity index (χ3n) is 1.42. The summed E-state index contributed by atoms with van der Waals surface area (Å²) < 4.78 is 12.4. The molecule has 0 atom stereocenters. The van der Waals surface area contributed by atoms with Gasteiger partial charge in [0.05, 0.1) is 0 Å². The van der Waals surface area contributed by atoms with Gasteiger partial charge in [0.25, 0.3) is 0 Å².